The van der Waals surface area contributed by atoms with E-state index in [0.29, 0.717) is 13.0 Å². The Bertz CT molecular complexity index is 422. The van der Waals surface area contributed by atoms with E-state index < -0.39 is 23.2 Å². The van der Waals surface area contributed by atoms with Crippen molar-refractivity contribution in [1.29, 1.82) is 0 Å². The normalized spacial score (nSPS) is 12.2. The molecule has 4 N–H and O–H groups in total. The monoisotopic (exact) mass is 244 g/mol. The predicted molar refractivity (Wildman–Crippen MR) is 60.1 cm³/mol. The fourth-order valence-corrected chi connectivity index (χ4v) is 1.29. The molecule has 0 amide bonds. The first kappa shape index (κ1) is 13.4. The second-order valence-corrected chi connectivity index (χ2v) is 3.79. The van der Waals surface area contributed by atoms with Gasteiger partial charge in [0.2, 0.25) is 0 Å². The minimum atomic E-state index is -1.50. The van der Waals surface area contributed by atoms with Crippen LogP contribution >= 0.6 is 0 Å². The molecule has 1 aromatic rings. The van der Waals surface area contributed by atoms with Crippen molar-refractivity contribution in [3.8, 4) is 0 Å². The second kappa shape index (κ2) is 5.58. The molecule has 0 aliphatic heterocycles. The van der Waals surface area contributed by atoms with Crippen LogP contribution in [0.25, 0.3) is 0 Å². The van der Waals surface area contributed by atoms with Gasteiger partial charge in [0.25, 0.3) is 0 Å². The first-order valence-electron chi connectivity index (χ1n) is 5.14. The first-order chi connectivity index (χ1) is 7.93. The summed E-state index contributed by atoms with van der Waals surface area (Å²) in [6.45, 7) is 2.19. The summed E-state index contributed by atoms with van der Waals surface area (Å²) in [6.07, 6.45) is 0.599. The number of carbonyl (C=O) groups is 1. The van der Waals surface area contributed by atoms with Gasteiger partial charge in [-0.3, -0.25) is 0 Å². The summed E-state index contributed by atoms with van der Waals surface area (Å²) >= 11 is 0. The van der Waals surface area contributed by atoms with Gasteiger partial charge in [0.1, 0.15) is 0 Å². The number of carboxylic acids is 1. The summed E-state index contributed by atoms with van der Waals surface area (Å²) < 4.78 is 26.7. The van der Waals surface area contributed by atoms with Crippen LogP contribution in [0, 0.1) is 11.6 Å². The molecule has 0 heterocycles. The third kappa shape index (κ3) is 3.39. The van der Waals surface area contributed by atoms with E-state index in [4.69, 9.17) is 10.8 Å². The molecule has 0 radical (unpaired) electrons. The van der Waals surface area contributed by atoms with Crippen molar-refractivity contribution in [2.75, 3.05) is 11.9 Å². The Kier molecular flexibility index (Phi) is 4.39. The molecule has 1 aromatic carbocycles. The molecule has 0 aromatic heterocycles. The summed E-state index contributed by atoms with van der Waals surface area (Å²) in [5.74, 6) is -4.04. The lowest BCUT2D eigenvalue weighted by Gasteiger charge is -2.10. The fraction of sp³-hybridized carbons (Fsp3) is 0.364. The van der Waals surface area contributed by atoms with Crippen molar-refractivity contribution < 1.29 is 18.7 Å². The molecule has 17 heavy (non-hydrogen) atoms. The number of anilines is 1. The van der Waals surface area contributed by atoms with Gasteiger partial charge in [-0.25, -0.2) is 13.6 Å². The SMILES string of the molecule is CC(N)CCNc1ccc(C(=O)O)c(F)c1F. The number of nitrogens with one attached hydrogen (secondary N) is 1. The molecule has 0 saturated heterocycles. The number of hydrogen-bond donors (Lipinski definition) is 3. The Hall–Kier alpha value is -1.69. The maximum atomic E-state index is 13.4. The number of halogens is 2. The summed E-state index contributed by atoms with van der Waals surface area (Å²) in [6, 6.07) is 2.17. The zero-order valence-electron chi connectivity index (χ0n) is 9.34. The Morgan fingerprint density at radius 1 is 1.47 bits per heavy atom. The van der Waals surface area contributed by atoms with E-state index in [0.717, 1.165) is 6.07 Å². The van der Waals surface area contributed by atoms with Crippen LogP contribution in [0.15, 0.2) is 12.1 Å². The molecular weight excluding hydrogens is 230 g/mol. The minimum Gasteiger partial charge on any atom is -0.478 e. The maximum Gasteiger partial charge on any atom is 0.338 e. The van der Waals surface area contributed by atoms with E-state index in [9.17, 15) is 13.6 Å². The van der Waals surface area contributed by atoms with Crippen molar-refractivity contribution in [3.05, 3.63) is 29.3 Å². The summed E-state index contributed by atoms with van der Waals surface area (Å²) in [5, 5.41) is 11.2. The van der Waals surface area contributed by atoms with Crippen LogP contribution in [0.1, 0.15) is 23.7 Å². The summed E-state index contributed by atoms with van der Waals surface area (Å²) in [5.41, 5.74) is 4.76. The molecule has 4 nitrogen and oxygen atoms in total. The molecule has 0 fully saturated rings. The van der Waals surface area contributed by atoms with Gasteiger partial charge in [-0.2, -0.15) is 0 Å². The number of hydrogen-bond acceptors (Lipinski definition) is 3. The standard InChI is InChI=1S/C11H14F2N2O2/c1-6(14)4-5-15-8-3-2-7(11(16)17)9(12)10(8)13/h2-3,6,15H,4-5,14H2,1H3,(H,16,17). The van der Waals surface area contributed by atoms with E-state index in [1.807, 2.05) is 0 Å². The molecule has 94 valence electrons. The molecule has 0 aliphatic carbocycles. The van der Waals surface area contributed by atoms with Gasteiger partial charge >= 0.3 is 5.97 Å². The van der Waals surface area contributed by atoms with Gasteiger partial charge in [-0.1, -0.05) is 0 Å². The smallest absolute Gasteiger partial charge is 0.338 e. The Labute approximate surface area is 97.4 Å². The second-order valence-electron chi connectivity index (χ2n) is 3.79. The maximum absolute atomic E-state index is 13.4. The van der Waals surface area contributed by atoms with Crippen LogP contribution in [0.4, 0.5) is 14.5 Å². The van der Waals surface area contributed by atoms with E-state index in [1.165, 1.54) is 6.07 Å². The lowest BCUT2D eigenvalue weighted by atomic mass is 10.1. The van der Waals surface area contributed by atoms with Crippen molar-refractivity contribution >= 4 is 11.7 Å². The van der Waals surface area contributed by atoms with E-state index >= 15 is 0 Å². The summed E-state index contributed by atoms with van der Waals surface area (Å²) in [7, 11) is 0. The van der Waals surface area contributed by atoms with Crippen molar-refractivity contribution in [1.82, 2.24) is 0 Å². The Morgan fingerprint density at radius 3 is 2.65 bits per heavy atom. The first-order valence-corrected chi connectivity index (χ1v) is 5.14. The van der Waals surface area contributed by atoms with Gasteiger partial charge in [-0.05, 0) is 25.5 Å². The molecule has 0 spiro atoms. The van der Waals surface area contributed by atoms with Gasteiger partial charge < -0.3 is 16.2 Å². The molecule has 0 aliphatic rings. The lowest BCUT2D eigenvalue weighted by Crippen LogP contribution is -2.19. The molecular formula is C11H14F2N2O2. The number of nitrogens with two attached hydrogens (primary N) is 1. The largest absolute Gasteiger partial charge is 0.478 e. The number of rotatable bonds is 5. The van der Waals surface area contributed by atoms with E-state index in [2.05, 4.69) is 5.32 Å². The highest BCUT2D eigenvalue weighted by molar-refractivity contribution is 5.88. The predicted octanol–water partition coefficient (Wildman–Crippen LogP) is 1.81. The fourth-order valence-electron chi connectivity index (χ4n) is 1.29. The third-order valence-corrected chi connectivity index (χ3v) is 2.23. The number of carboxylic acid groups (broad SMARTS) is 1. The van der Waals surface area contributed by atoms with Crippen molar-refractivity contribution in [3.63, 3.8) is 0 Å². The average molecular weight is 244 g/mol. The van der Waals surface area contributed by atoms with Crippen LogP contribution < -0.4 is 11.1 Å². The van der Waals surface area contributed by atoms with Crippen molar-refractivity contribution in [2.45, 2.75) is 19.4 Å². The highest BCUT2D eigenvalue weighted by Gasteiger charge is 2.17. The van der Waals surface area contributed by atoms with E-state index in [1.54, 1.807) is 6.92 Å². The third-order valence-electron chi connectivity index (χ3n) is 2.23. The molecule has 1 unspecified atom stereocenters. The van der Waals surface area contributed by atoms with Crippen LogP contribution in [0.2, 0.25) is 0 Å². The number of aromatic carboxylic acids is 1. The molecule has 6 heteroatoms. The topological polar surface area (TPSA) is 75.3 Å². The molecule has 0 saturated carbocycles. The average Bonchev–Trinajstić information content (AvgIpc) is 2.23. The van der Waals surface area contributed by atoms with Gasteiger partial charge in [0.05, 0.1) is 11.3 Å². The minimum absolute atomic E-state index is 0.0475. The van der Waals surface area contributed by atoms with Crippen LogP contribution in [-0.4, -0.2) is 23.7 Å². The van der Waals surface area contributed by atoms with Gasteiger partial charge in [0.15, 0.2) is 11.6 Å². The highest BCUT2D eigenvalue weighted by Crippen LogP contribution is 2.20. The quantitative estimate of drug-likeness (QED) is 0.738. The van der Waals surface area contributed by atoms with Crippen molar-refractivity contribution in [2.24, 2.45) is 5.73 Å². The van der Waals surface area contributed by atoms with Gasteiger partial charge in [0, 0.05) is 12.6 Å². The zero-order chi connectivity index (χ0) is 13.0. The Balaban J connectivity index is 2.82. The van der Waals surface area contributed by atoms with Gasteiger partial charge in [-0.15, -0.1) is 0 Å². The molecule has 1 atom stereocenters. The van der Waals surface area contributed by atoms with Crippen LogP contribution in [0.3, 0.4) is 0 Å². The molecule has 1 rings (SSSR count). The number of benzene rings is 1. The van der Waals surface area contributed by atoms with E-state index in [-0.39, 0.29) is 11.7 Å². The lowest BCUT2D eigenvalue weighted by molar-refractivity contribution is 0.0690. The van der Waals surface area contributed by atoms with Crippen LogP contribution in [0.5, 0.6) is 0 Å². The zero-order valence-corrected chi connectivity index (χ0v) is 9.34. The Morgan fingerprint density at radius 2 is 2.12 bits per heavy atom. The highest BCUT2D eigenvalue weighted by atomic mass is 19.2. The molecule has 0 bridgehead atoms. The van der Waals surface area contributed by atoms with Crippen LogP contribution in [-0.2, 0) is 0 Å². The summed E-state index contributed by atoms with van der Waals surface area (Å²) in [4.78, 5) is 10.5.